The largest absolute Gasteiger partial charge is 0.488 e. The molecule has 0 unspecified atom stereocenters. The van der Waals surface area contributed by atoms with E-state index in [-0.39, 0.29) is 39.4 Å². The van der Waals surface area contributed by atoms with Crippen LogP contribution in [0.2, 0.25) is 0 Å². The second-order valence-electron chi connectivity index (χ2n) is 8.30. The number of rotatable bonds is 15. The summed E-state index contributed by atoms with van der Waals surface area (Å²) in [6.07, 6.45) is 0. The van der Waals surface area contributed by atoms with E-state index in [1.807, 2.05) is 13.0 Å². The van der Waals surface area contributed by atoms with Crippen LogP contribution in [0.15, 0.2) is 40.9 Å². The Labute approximate surface area is 241 Å². The Morgan fingerprint density at radius 3 is 1.40 bits per heavy atom. The van der Waals surface area contributed by atoms with Gasteiger partial charge in [-0.3, -0.25) is 19.2 Å². The van der Waals surface area contributed by atoms with Gasteiger partial charge in [0.15, 0.2) is 0 Å². The van der Waals surface area contributed by atoms with Gasteiger partial charge in [0.05, 0.1) is 39.8 Å². The predicted octanol–water partition coefficient (Wildman–Crippen LogP) is 2.52. The summed E-state index contributed by atoms with van der Waals surface area (Å²) in [7, 11) is 5.03. The number of hydrogen-bond donors (Lipinski definition) is 0. The van der Waals surface area contributed by atoms with Crippen molar-refractivity contribution >= 4 is 51.2 Å². The lowest BCUT2D eigenvalue weighted by Crippen LogP contribution is -2.36. The molecule has 0 saturated heterocycles. The zero-order valence-corrected chi connectivity index (χ0v) is 24.6. The lowest BCUT2D eigenvalue weighted by Gasteiger charge is -2.26. The molecular weight excluding hydrogens is 592 g/mol. The third-order valence-electron chi connectivity index (χ3n) is 5.51. The van der Waals surface area contributed by atoms with Gasteiger partial charge in [-0.1, -0.05) is 22.0 Å². The van der Waals surface area contributed by atoms with Crippen molar-refractivity contribution in [2.75, 3.05) is 77.6 Å². The monoisotopic (exact) mass is 624 g/mol. The van der Waals surface area contributed by atoms with Gasteiger partial charge in [0, 0.05) is 4.47 Å². The molecule has 0 N–H and O–H groups in total. The number of hydrogen-bond acceptors (Lipinski definition) is 12. The molecule has 0 aliphatic rings. The highest BCUT2D eigenvalue weighted by Gasteiger charge is 2.22. The standard InChI is InChI=1S/C27H33BrN2O10/c1-18-6-8-20(29(14-24(31)35-2)15-25(32)36-3)22(12-18)39-10-11-40-23-13-19(28)7-9-21(23)30(16-26(33)37-4)17-27(34)38-5/h6-9,12-13H,10-11,14-17H2,1-5H3. The molecule has 0 bridgehead atoms. The summed E-state index contributed by atoms with van der Waals surface area (Å²) in [5.41, 5.74) is 1.86. The summed E-state index contributed by atoms with van der Waals surface area (Å²) < 4.78 is 31.8. The fraction of sp³-hybridized carbons (Fsp3) is 0.407. The van der Waals surface area contributed by atoms with Crippen molar-refractivity contribution in [2.45, 2.75) is 6.92 Å². The molecule has 2 aromatic carbocycles. The number of anilines is 2. The molecule has 0 amide bonds. The first-order valence-electron chi connectivity index (χ1n) is 12.0. The molecule has 2 rings (SSSR count). The molecule has 2 aromatic rings. The maximum absolute atomic E-state index is 12.0. The van der Waals surface area contributed by atoms with E-state index in [1.54, 1.807) is 30.3 Å². The Hall–Kier alpha value is -4.00. The number of esters is 4. The second-order valence-corrected chi connectivity index (χ2v) is 9.21. The van der Waals surface area contributed by atoms with E-state index in [1.165, 1.54) is 38.2 Å². The Kier molecular flexibility index (Phi) is 13.0. The number of carbonyl (C=O) groups excluding carboxylic acids is 4. The molecule has 0 atom stereocenters. The van der Waals surface area contributed by atoms with Crippen molar-refractivity contribution < 1.29 is 47.6 Å². The van der Waals surface area contributed by atoms with Gasteiger partial charge in [0.1, 0.15) is 50.9 Å². The van der Waals surface area contributed by atoms with Gasteiger partial charge in [0.2, 0.25) is 0 Å². The van der Waals surface area contributed by atoms with Crippen LogP contribution in [0.4, 0.5) is 11.4 Å². The quantitative estimate of drug-likeness (QED) is 0.164. The Bertz CT molecular complexity index is 1060. The number of benzene rings is 2. The molecule has 0 spiro atoms. The summed E-state index contributed by atoms with van der Waals surface area (Å²) in [4.78, 5) is 51.0. The van der Waals surface area contributed by atoms with E-state index in [9.17, 15) is 19.2 Å². The Morgan fingerprint density at radius 1 is 0.625 bits per heavy atom. The van der Waals surface area contributed by atoms with E-state index in [0.717, 1.165) is 5.56 Å². The third kappa shape index (κ3) is 9.95. The number of carbonyl (C=O) groups is 4. The molecule has 0 fully saturated rings. The van der Waals surface area contributed by atoms with E-state index < -0.39 is 23.9 Å². The van der Waals surface area contributed by atoms with Crippen LogP contribution in [-0.4, -0.2) is 91.7 Å². The molecule has 12 nitrogen and oxygen atoms in total. The van der Waals surface area contributed by atoms with Crippen LogP contribution in [0.5, 0.6) is 11.5 Å². The molecule has 218 valence electrons. The topological polar surface area (TPSA) is 130 Å². The van der Waals surface area contributed by atoms with Crippen molar-refractivity contribution in [3.8, 4) is 11.5 Å². The predicted molar refractivity (Wildman–Crippen MR) is 149 cm³/mol. The van der Waals surface area contributed by atoms with Crippen LogP contribution in [0, 0.1) is 6.92 Å². The van der Waals surface area contributed by atoms with E-state index >= 15 is 0 Å². The lowest BCUT2D eigenvalue weighted by molar-refractivity contribution is -0.141. The molecule has 40 heavy (non-hydrogen) atoms. The van der Waals surface area contributed by atoms with Crippen molar-refractivity contribution in [1.29, 1.82) is 0 Å². The highest BCUT2D eigenvalue weighted by atomic mass is 79.9. The van der Waals surface area contributed by atoms with E-state index in [0.29, 0.717) is 27.3 Å². The fourth-order valence-corrected chi connectivity index (χ4v) is 3.84. The molecular formula is C27H33BrN2O10. The summed E-state index contributed by atoms with van der Waals surface area (Å²) in [5, 5.41) is 0. The first-order chi connectivity index (χ1) is 19.1. The minimum absolute atomic E-state index is 0.0785. The third-order valence-corrected chi connectivity index (χ3v) is 6.00. The van der Waals surface area contributed by atoms with Crippen LogP contribution in [0.3, 0.4) is 0 Å². The Balaban J connectivity index is 2.23. The van der Waals surface area contributed by atoms with Crippen molar-refractivity contribution in [3.63, 3.8) is 0 Å². The number of ether oxygens (including phenoxy) is 6. The number of aryl methyl sites for hydroxylation is 1. The van der Waals surface area contributed by atoms with Crippen LogP contribution >= 0.6 is 15.9 Å². The van der Waals surface area contributed by atoms with Crippen LogP contribution < -0.4 is 19.3 Å². The SMILES string of the molecule is COC(=O)CN(CC(=O)OC)c1ccc(C)cc1OCCOc1cc(Br)ccc1N(CC(=O)OC)CC(=O)OC. The molecule has 0 heterocycles. The van der Waals surface area contributed by atoms with Gasteiger partial charge in [-0.25, -0.2) is 0 Å². The van der Waals surface area contributed by atoms with Crippen LogP contribution in [0.1, 0.15) is 5.56 Å². The van der Waals surface area contributed by atoms with E-state index in [4.69, 9.17) is 28.4 Å². The summed E-state index contributed by atoms with van der Waals surface area (Å²) in [6.45, 7) is 1.24. The Morgan fingerprint density at radius 2 is 1.00 bits per heavy atom. The molecule has 0 radical (unpaired) electrons. The average Bonchev–Trinajstić information content (AvgIpc) is 2.94. The minimum atomic E-state index is -0.545. The molecule has 13 heteroatoms. The first kappa shape index (κ1) is 32.2. The van der Waals surface area contributed by atoms with Gasteiger partial charge < -0.3 is 38.2 Å². The molecule has 0 aliphatic carbocycles. The second kappa shape index (κ2) is 16.2. The van der Waals surface area contributed by atoms with Gasteiger partial charge in [-0.2, -0.15) is 0 Å². The number of methoxy groups -OCH3 is 4. The zero-order valence-electron chi connectivity index (χ0n) is 23.1. The summed E-state index contributed by atoms with van der Waals surface area (Å²) >= 11 is 3.41. The fourth-order valence-electron chi connectivity index (χ4n) is 3.50. The van der Waals surface area contributed by atoms with Crippen LogP contribution in [-0.2, 0) is 38.1 Å². The lowest BCUT2D eigenvalue weighted by atomic mass is 10.2. The first-order valence-corrected chi connectivity index (χ1v) is 12.8. The average molecular weight is 625 g/mol. The smallest absolute Gasteiger partial charge is 0.325 e. The maximum atomic E-state index is 12.0. The highest BCUT2D eigenvalue weighted by Crippen LogP contribution is 2.33. The number of nitrogens with zero attached hydrogens (tertiary/aromatic N) is 2. The maximum Gasteiger partial charge on any atom is 0.325 e. The van der Waals surface area contributed by atoms with Crippen molar-refractivity contribution in [3.05, 3.63) is 46.4 Å². The van der Waals surface area contributed by atoms with E-state index in [2.05, 4.69) is 15.9 Å². The van der Waals surface area contributed by atoms with Crippen molar-refractivity contribution in [2.24, 2.45) is 0 Å². The zero-order chi connectivity index (χ0) is 29.7. The van der Waals surface area contributed by atoms with Gasteiger partial charge in [0.25, 0.3) is 0 Å². The van der Waals surface area contributed by atoms with Gasteiger partial charge in [-0.15, -0.1) is 0 Å². The summed E-state index contributed by atoms with van der Waals surface area (Å²) in [5.74, 6) is -1.36. The molecule has 0 aromatic heterocycles. The van der Waals surface area contributed by atoms with Crippen molar-refractivity contribution in [1.82, 2.24) is 0 Å². The van der Waals surface area contributed by atoms with Gasteiger partial charge in [-0.05, 0) is 42.8 Å². The highest BCUT2D eigenvalue weighted by molar-refractivity contribution is 9.10. The summed E-state index contributed by atoms with van der Waals surface area (Å²) in [6, 6.07) is 10.5. The molecule has 0 aliphatic heterocycles. The van der Waals surface area contributed by atoms with Gasteiger partial charge >= 0.3 is 23.9 Å². The normalized spacial score (nSPS) is 10.2. The minimum Gasteiger partial charge on any atom is -0.488 e. The van der Waals surface area contributed by atoms with Crippen LogP contribution in [0.25, 0.3) is 0 Å². The number of halogens is 1. The molecule has 0 saturated carbocycles.